The molecule has 1 aromatic heterocycles. The van der Waals surface area contributed by atoms with Crippen molar-refractivity contribution in [2.24, 2.45) is 0 Å². The summed E-state index contributed by atoms with van der Waals surface area (Å²) < 4.78 is 7.83. The van der Waals surface area contributed by atoms with Crippen molar-refractivity contribution in [1.82, 2.24) is 15.1 Å². The molecular weight excluding hydrogens is 456 g/mol. The normalized spacial score (nSPS) is 16.5. The number of carbonyl (C=O) groups excluding carboxylic acids is 1. The number of amides is 1. The van der Waals surface area contributed by atoms with E-state index in [1.807, 2.05) is 66.9 Å². The number of ether oxygens (including phenoxy) is 1. The first-order valence-electron chi connectivity index (χ1n) is 11.9. The van der Waals surface area contributed by atoms with E-state index in [1.165, 1.54) is 0 Å². The summed E-state index contributed by atoms with van der Waals surface area (Å²) in [5.41, 5.74) is 3.57. The molecular formula is C28H28N4O4. The van der Waals surface area contributed by atoms with Crippen LogP contribution in [0.15, 0.2) is 97.3 Å². The summed E-state index contributed by atoms with van der Waals surface area (Å²) in [4.78, 5) is 15.3. The number of nitrogens with zero attached hydrogens (tertiary/aromatic N) is 3. The van der Waals surface area contributed by atoms with E-state index in [0.717, 1.165) is 16.9 Å². The van der Waals surface area contributed by atoms with Gasteiger partial charge in [-0.1, -0.05) is 54.6 Å². The highest BCUT2D eigenvalue weighted by Gasteiger charge is 2.33. The first kappa shape index (κ1) is 23.6. The number of carbonyl (C=O) groups is 1. The van der Waals surface area contributed by atoms with Crippen molar-refractivity contribution in [3.63, 3.8) is 0 Å². The van der Waals surface area contributed by atoms with E-state index in [9.17, 15) is 15.0 Å². The van der Waals surface area contributed by atoms with Crippen LogP contribution in [0.2, 0.25) is 0 Å². The molecule has 0 aliphatic carbocycles. The Kier molecular flexibility index (Phi) is 6.97. The molecule has 184 valence electrons. The average Bonchev–Trinajstić information content (AvgIpc) is 3.47. The topological polar surface area (TPSA) is 99.8 Å². The van der Waals surface area contributed by atoms with Gasteiger partial charge in [0.2, 0.25) is 0 Å². The molecule has 8 heteroatoms. The van der Waals surface area contributed by atoms with E-state index in [0.29, 0.717) is 24.4 Å². The third-order valence-electron chi connectivity index (χ3n) is 6.28. The molecule has 3 N–H and O–H groups in total. The maximum absolute atomic E-state index is 13.2. The highest BCUT2D eigenvalue weighted by atomic mass is 16.5. The molecule has 0 fully saturated rings. The second-order valence-electron chi connectivity index (χ2n) is 8.72. The van der Waals surface area contributed by atoms with E-state index in [2.05, 4.69) is 15.3 Å². The molecule has 0 saturated heterocycles. The van der Waals surface area contributed by atoms with Gasteiger partial charge in [0.05, 0.1) is 30.6 Å². The van der Waals surface area contributed by atoms with Crippen LogP contribution in [0.5, 0.6) is 5.75 Å². The van der Waals surface area contributed by atoms with Gasteiger partial charge in [0.1, 0.15) is 11.9 Å². The predicted molar refractivity (Wildman–Crippen MR) is 136 cm³/mol. The van der Waals surface area contributed by atoms with Crippen molar-refractivity contribution in [3.05, 3.63) is 108 Å². The van der Waals surface area contributed by atoms with Gasteiger partial charge >= 0.3 is 0 Å². The maximum atomic E-state index is 13.2. The molecule has 1 aliphatic rings. The lowest BCUT2D eigenvalue weighted by molar-refractivity contribution is -0.130. The summed E-state index contributed by atoms with van der Waals surface area (Å²) >= 11 is 0. The Labute approximate surface area is 209 Å². The second kappa shape index (κ2) is 10.6. The lowest BCUT2D eigenvalue weighted by atomic mass is 10.0. The van der Waals surface area contributed by atoms with E-state index in [4.69, 9.17) is 4.74 Å². The number of aliphatic hydroxyl groups is 2. The molecule has 1 amide bonds. The van der Waals surface area contributed by atoms with Gasteiger partial charge in [-0.05, 0) is 41.5 Å². The molecule has 5 rings (SSSR count). The van der Waals surface area contributed by atoms with Crippen LogP contribution in [-0.4, -0.2) is 51.2 Å². The van der Waals surface area contributed by atoms with Crippen LogP contribution in [0, 0.1) is 0 Å². The van der Waals surface area contributed by atoms with Crippen LogP contribution in [0.1, 0.15) is 17.2 Å². The van der Waals surface area contributed by atoms with Gasteiger partial charge in [0, 0.05) is 18.9 Å². The summed E-state index contributed by atoms with van der Waals surface area (Å²) in [7, 11) is 0. The lowest BCUT2D eigenvalue weighted by Crippen LogP contribution is -2.53. The molecule has 3 aromatic carbocycles. The fourth-order valence-corrected chi connectivity index (χ4v) is 4.37. The number of rotatable bonds is 8. The molecule has 0 radical (unpaired) electrons. The van der Waals surface area contributed by atoms with Crippen LogP contribution < -0.4 is 15.0 Å². The summed E-state index contributed by atoms with van der Waals surface area (Å²) in [5, 5.41) is 27.6. The van der Waals surface area contributed by atoms with Gasteiger partial charge < -0.3 is 25.2 Å². The minimum absolute atomic E-state index is 0.323. The fourth-order valence-electron chi connectivity index (χ4n) is 4.37. The van der Waals surface area contributed by atoms with Crippen LogP contribution >= 0.6 is 0 Å². The smallest absolute Gasteiger partial charge is 0.263 e. The van der Waals surface area contributed by atoms with Gasteiger partial charge in [-0.3, -0.25) is 4.79 Å². The van der Waals surface area contributed by atoms with Crippen molar-refractivity contribution in [2.45, 2.75) is 24.8 Å². The van der Waals surface area contributed by atoms with Crippen molar-refractivity contribution in [2.75, 3.05) is 18.1 Å². The molecule has 36 heavy (non-hydrogen) atoms. The number of anilines is 1. The number of hydrogen-bond acceptors (Lipinski definition) is 6. The van der Waals surface area contributed by atoms with Gasteiger partial charge in [-0.25, -0.2) is 4.68 Å². The largest absolute Gasteiger partial charge is 0.477 e. The molecule has 2 heterocycles. The maximum Gasteiger partial charge on any atom is 0.263 e. The highest BCUT2D eigenvalue weighted by Crippen LogP contribution is 2.34. The van der Waals surface area contributed by atoms with Crippen LogP contribution in [0.3, 0.4) is 0 Å². The zero-order chi connectivity index (χ0) is 24.9. The third kappa shape index (κ3) is 5.10. The summed E-state index contributed by atoms with van der Waals surface area (Å²) in [6.07, 6.45) is 1.79. The predicted octanol–water partition coefficient (Wildman–Crippen LogP) is 2.85. The molecule has 1 unspecified atom stereocenters. The van der Waals surface area contributed by atoms with E-state index < -0.39 is 30.8 Å². The molecule has 8 nitrogen and oxygen atoms in total. The molecule has 0 spiro atoms. The van der Waals surface area contributed by atoms with E-state index in [-0.39, 0.29) is 0 Å². The number of benzene rings is 3. The molecule has 0 saturated carbocycles. The molecule has 4 aromatic rings. The number of aliphatic hydroxyl groups excluding tert-OH is 2. The lowest BCUT2D eigenvalue weighted by Gasteiger charge is -2.36. The zero-order valence-corrected chi connectivity index (χ0v) is 19.6. The Morgan fingerprint density at radius 3 is 2.50 bits per heavy atom. The van der Waals surface area contributed by atoms with Crippen molar-refractivity contribution >= 4 is 11.6 Å². The minimum atomic E-state index is -1.04. The van der Waals surface area contributed by atoms with Crippen molar-refractivity contribution in [1.29, 1.82) is 0 Å². The number of aromatic nitrogens is 2. The monoisotopic (exact) mass is 484 g/mol. The average molecular weight is 485 g/mol. The van der Waals surface area contributed by atoms with Crippen LogP contribution in [0.4, 0.5) is 5.69 Å². The molecule has 3 atom stereocenters. The Balaban J connectivity index is 1.31. The van der Waals surface area contributed by atoms with E-state index in [1.54, 1.807) is 35.1 Å². The summed E-state index contributed by atoms with van der Waals surface area (Å²) in [6.45, 7) is 0.500. The first-order chi connectivity index (χ1) is 17.6. The summed E-state index contributed by atoms with van der Waals surface area (Å²) in [6, 6.07) is 25.7. The summed E-state index contributed by atoms with van der Waals surface area (Å²) in [5.74, 6) is 0.221. The number of nitrogens with one attached hydrogen (secondary N) is 1. The van der Waals surface area contributed by atoms with Gasteiger partial charge in [-0.2, -0.15) is 5.10 Å². The van der Waals surface area contributed by atoms with Crippen LogP contribution in [0.25, 0.3) is 5.69 Å². The van der Waals surface area contributed by atoms with Crippen molar-refractivity contribution < 1.29 is 19.7 Å². The number of para-hydroxylation sites is 2. The van der Waals surface area contributed by atoms with Gasteiger partial charge in [0.15, 0.2) is 6.10 Å². The Bertz CT molecular complexity index is 1280. The SMILES string of the molecule is O=C(N[C@@H](CO)[C@H](O)c1ccccc1)C1CN(Cc2ccc(-n3cccn3)cc2)c2ccccc2O1. The zero-order valence-electron chi connectivity index (χ0n) is 19.6. The van der Waals surface area contributed by atoms with Gasteiger partial charge in [0.25, 0.3) is 5.91 Å². The van der Waals surface area contributed by atoms with Crippen molar-refractivity contribution in [3.8, 4) is 11.4 Å². The Morgan fingerprint density at radius 1 is 1.03 bits per heavy atom. The fraction of sp³-hybridized carbons (Fsp3) is 0.214. The Hall–Kier alpha value is -4.14. The standard InChI is InChI=1S/C28H28N4O4/c33-19-23(27(34)21-7-2-1-3-8-21)30-28(35)26-18-31(24-9-4-5-10-25(24)36-26)17-20-11-13-22(14-12-20)32-16-6-15-29-32/h1-16,23,26-27,33-34H,17-19H2,(H,30,35)/t23-,26?,27+/m0/s1. The Morgan fingerprint density at radius 2 is 1.78 bits per heavy atom. The second-order valence-corrected chi connectivity index (χ2v) is 8.72. The molecule has 0 bridgehead atoms. The number of fused-ring (bicyclic) bond motifs is 1. The van der Waals surface area contributed by atoms with E-state index >= 15 is 0 Å². The quantitative estimate of drug-likeness (QED) is 0.356. The molecule has 1 aliphatic heterocycles. The third-order valence-corrected chi connectivity index (χ3v) is 6.28. The van der Waals surface area contributed by atoms with Crippen LogP contribution in [-0.2, 0) is 11.3 Å². The first-order valence-corrected chi connectivity index (χ1v) is 11.9. The minimum Gasteiger partial charge on any atom is -0.477 e. The van der Waals surface area contributed by atoms with Gasteiger partial charge in [-0.15, -0.1) is 0 Å². The highest BCUT2D eigenvalue weighted by molar-refractivity contribution is 5.83. The number of hydrogen-bond donors (Lipinski definition) is 3.